The third-order valence-corrected chi connectivity index (χ3v) is 5.68. The molecule has 0 unspecified atom stereocenters. The largest absolute Gasteiger partial charge is 0.366 e. The summed E-state index contributed by atoms with van der Waals surface area (Å²) in [7, 11) is 0. The normalized spacial score (nSPS) is 14.2. The predicted molar refractivity (Wildman–Crippen MR) is 105 cm³/mol. The van der Waals surface area contributed by atoms with Crippen LogP contribution in [0.4, 0.5) is 19.6 Å². The highest BCUT2D eigenvalue weighted by Gasteiger charge is 2.22. The standard InChI is InChI=1S/C20H17F2N5S/c21-16-4-1-14(2-5-16)12-19-24-25-20(28-19)27-9-7-26(8-10-27)18-6-3-15(13-23)11-17(18)22/h1-6,11H,7-10,12H2. The smallest absolute Gasteiger partial charge is 0.208 e. The van der Waals surface area contributed by atoms with Crippen molar-refractivity contribution in [2.75, 3.05) is 36.0 Å². The van der Waals surface area contributed by atoms with Crippen LogP contribution in [0.25, 0.3) is 0 Å². The zero-order valence-corrected chi connectivity index (χ0v) is 15.8. The molecule has 1 fully saturated rings. The fraction of sp³-hybridized carbons (Fsp3) is 0.250. The number of hydrogen-bond donors (Lipinski definition) is 0. The van der Waals surface area contributed by atoms with E-state index in [1.165, 1.54) is 29.5 Å². The minimum absolute atomic E-state index is 0.252. The lowest BCUT2D eigenvalue weighted by molar-refractivity contribution is 0.596. The van der Waals surface area contributed by atoms with Gasteiger partial charge in [-0.2, -0.15) is 5.26 Å². The molecule has 1 aliphatic heterocycles. The number of rotatable bonds is 4. The molecule has 0 atom stereocenters. The van der Waals surface area contributed by atoms with Gasteiger partial charge in [-0.05, 0) is 35.9 Å². The molecular weight excluding hydrogens is 380 g/mol. The van der Waals surface area contributed by atoms with Gasteiger partial charge in [0.15, 0.2) is 0 Å². The Balaban J connectivity index is 1.38. The molecule has 0 radical (unpaired) electrons. The van der Waals surface area contributed by atoms with Gasteiger partial charge in [0.25, 0.3) is 0 Å². The SMILES string of the molecule is N#Cc1ccc(N2CCN(c3nnc(Cc4ccc(F)cc4)s3)CC2)c(F)c1. The van der Waals surface area contributed by atoms with E-state index in [9.17, 15) is 8.78 Å². The quantitative estimate of drug-likeness (QED) is 0.673. The van der Waals surface area contributed by atoms with E-state index in [2.05, 4.69) is 15.1 Å². The van der Waals surface area contributed by atoms with Crippen molar-refractivity contribution >= 4 is 22.2 Å². The second-order valence-corrected chi connectivity index (χ2v) is 7.57. The first-order chi connectivity index (χ1) is 13.6. The first-order valence-electron chi connectivity index (χ1n) is 8.89. The van der Waals surface area contributed by atoms with Crippen LogP contribution in [0.15, 0.2) is 42.5 Å². The highest BCUT2D eigenvalue weighted by Crippen LogP contribution is 2.26. The summed E-state index contributed by atoms with van der Waals surface area (Å²) in [6.45, 7) is 2.75. The molecule has 1 aliphatic rings. The summed E-state index contributed by atoms with van der Waals surface area (Å²) in [5.74, 6) is -0.622. The molecule has 0 spiro atoms. The van der Waals surface area contributed by atoms with E-state index in [-0.39, 0.29) is 11.6 Å². The van der Waals surface area contributed by atoms with Gasteiger partial charge in [0.05, 0.1) is 17.3 Å². The average Bonchev–Trinajstić information content (AvgIpc) is 3.18. The van der Waals surface area contributed by atoms with Gasteiger partial charge in [-0.15, -0.1) is 10.2 Å². The highest BCUT2D eigenvalue weighted by atomic mass is 32.1. The van der Waals surface area contributed by atoms with Crippen LogP contribution in [0.1, 0.15) is 16.1 Å². The Bertz CT molecular complexity index is 1000. The molecule has 1 aromatic heterocycles. The fourth-order valence-corrected chi connectivity index (χ4v) is 4.12. The maximum Gasteiger partial charge on any atom is 0.208 e. The summed E-state index contributed by atoms with van der Waals surface area (Å²) >= 11 is 1.52. The summed E-state index contributed by atoms with van der Waals surface area (Å²) in [6.07, 6.45) is 0.619. The Morgan fingerprint density at radius 2 is 1.68 bits per heavy atom. The highest BCUT2D eigenvalue weighted by molar-refractivity contribution is 7.15. The summed E-state index contributed by atoms with van der Waals surface area (Å²) in [5, 5.41) is 19.1. The first kappa shape index (κ1) is 18.3. The van der Waals surface area contributed by atoms with Gasteiger partial charge < -0.3 is 9.80 Å². The van der Waals surface area contributed by atoms with Crippen molar-refractivity contribution in [2.24, 2.45) is 0 Å². The Morgan fingerprint density at radius 1 is 0.964 bits per heavy atom. The van der Waals surface area contributed by atoms with Gasteiger partial charge >= 0.3 is 0 Å². The van der Waals surface area contributed by atoms with E-state index in [1.54, 1.807) is 24.3 Å². The number of nitriles is 1. The van der Waals surface area contributed by atoms with E-state index in [0.717, 1.165) is 15.7 Å². The molecule has 0 saturated carbocycles. The van der Waals surface area contributed by atoms with Crippen LogP contribution < -0.4 is 9.80 Å². The third kappa shape index (κ3) is 3.94. The van der Waals surface area contributed by atoms with Crippen molar-refractivity contribution in [2.45, 2.75) is 6.42 Å². The topological polar surface area (TPSA) is 56.1 Å². The van der Waals surface area contributed by atoms with E-state index < -0.39 is 0 Å². The molecule has 0 aliphatic carbocycles. The minimum Gasteiger partial charge on any atom is -0.366 e. The van der Waals surface area contributed by atoms with E-state index in [0.29, 0.717) is 43.9 Å². The van der Waals surface area contributed by atoms with Crippen molar-refractivity contribution in [3.05, 3.63) is 70.2 Å². The summed E-state index contributed by atoms with van der Waals surface area (Å²) in [6, 6.07) is 12.9. The molecule has 2 aromatic carbocycles. The lowest BCUT2D eigenvalue weighted by Crippen LogP contribution is -2.46. The number of hydrogen-bond acceptors (Lipinski definition) is 6. The maximum atomic E-state index is 14.2. The number of halogens is 2. The van der Waals surface area contributed by atoms with Crippen molar-refractivity contribution in [1.82, 2.24) is 10.2 Å². The van der Waals surface area contributed by atoms with Crippen LogP contribution in [0.2, 0.25) is 0 Å². The summed E-state index contributed by atoms with van der Waals surface area (Å²) in [5.41, 5.74) is 1.83. The van der Waals surface area contributed by atoms with Crippen molar-refractivity contribution in [3.8, 4) is 6.07 Å². The number of piperazine rings is 1. The molecular formula is C20H17F2N5S. The van der Waals surface area contributed by atoms with Gasteiger partial charge in [-0.3, -0.25) is 0 Å². The second-order valence-electron chi connectivity index (χ2n) is 6.53. The maximum absolute atomic E-state index is 14.2. The minimum atomic E-state index is -0.370. The molecule has 8 heteroatoms. The number of benzene rings is 2. The fourth-order valence-electron chi connectivity index (χ4n) is 3.19. The zero-order valence-electron chi connectivity index (χ0n) is 15.0. The second kappa shape index (κ2) is 7.90. The third-order valence-electron chi connectivity index (χ3n) is 4.69. The van der Waals surface area contributed by atoms with Crippen LogP contribution in [0.3, 0.4) is 0 Å². The Hall–Kier alpha value is -3.05. The van der Waals surface area contributed by atoms with E-state index in [1.807, 2.05) is 11.0 Å². The molecule has 0 N–H and O–H groups in total. The number of nitrogens with zero attached hydrogens (tertiary/aromatic N) is 5. The Morgan fingerprint density at radius 3 is 2.36 bits per heavy atom. The Kier molecular flexibility index (Phi) is 5.17. The molecule has 1 saturated heterocycles. The van der Waals surface area contributed by atoms with Gasteiger partial charge in [0.2, 0.25) is 5.13 Å². The van der Waals surface area contributed by atoms with Gasteiger partial charge in [-0.1, -0.05) is 23.5 Å². The van der Waals surface area contributed by atoms with Crippen molar-refractivity contribution < 1.29 is 8.78 Å². The van der Waals surface area contributed by atoms with E-state index in [4.69, 9.17) is 5.26 Å². The molecule has 0 bridgehead atoms. The van der Waals surface area contributed by atoms with Crippen LogP contribution in [-0.2, 0) is 6.42 Å². The average molecular weight is 397 g/mol. The monoisotopic (exact) mass is 397 g/mol. The number of aromatic nitrogens is 2. The first-order valence-corrected chi connectivity index (χ1v) is 9.70. The van der Waals surface area contributed by atoms with Crippen LogP contribution in [0, 0.1) is 23.0 Å². The number of anilines is 2. The van der Waals surface area contributed by atoms with Crippen LogP contribution in [-0.4, -0.2) is 36.4 Å². The lowest BCUT2D eigenvalue weighted by Gasteiger charge is -2.35. The van der Waals surface area contributed by atoms with Gasteiger partial charge in [-0.25, -0.2) is 8.78 Å². The van der Waals surface area contributed by atoms with Crippen molar-refractivity contribution in [1.29, 1.82) is 5.26 Å². The molecule has 2 heterocycles. The summed E-state index contributed by atoms with van der Waals surface area (Å²) < 4.78 is 27.2. The lowest BCUT2D eigenvalue weighted by atomic mass is 10.2. The zero-order chi connectivity index (χ0) is 19.5. The van der Waals surface area contributed by atoms with Crippen LogP contribution >= 0.6 is 11.3 Å². The van der Waals surface area contributed by atoms with Gasteiger partial charge in [0, 0.05) is 32.6 Å². The Labute approximate surface area is 165 Å². The van der Waals surface area contributed by atoms with Crippen molar-refractivity contribution in [3.63, 3.8) is 0 Å². The molecule has 4 rings (SSSR count). The summed E-state index contributed by atoms with van der Waals surface area (Å²) in [4.78, 5) is 4.12. The van der Waals surface area contributed by atoms with E-state index >= 15 is 0 Å². The predicted octanol–water partition coefficient (Wildman–Crippen LogP) is 3.61. The molecule has 28 heavy (non-hydrogen) atoms. The van der Waals surface area contributed by atoms with Gasteiger partial charge in [0.1, 0.15) is 16.6 Å². The molecule has 5 nitrogen and oxygen atoms in total. The molecule has 3 aromatic rings. The van der Waals surface area contributed by atoms with Crippen LogP contribution in [0.5, 0.6) is 0 Å². The molecule has 0 amide bonds. The molecule has 142 valence electrons.